The van der Waals surface area contributed by atoms with E-state index in [0.717, 1.165) is 0 Å². The summed E-state index contributed by atoms with van der Waals surface area (Å²) in [6, 6.07) is 0. The molecular formula is C6H8N4O2S. The number of carboxylic acid groups (broad SMARTS) is 1. The second-order valence-corrected chi connectivity index (χ2v) is 3.07. The van der Waals surface area contributed by atoms with Crippen molar-refractivity contribution in [3.8, 4) is 0 Å². The highest BCUT2D eigenvalue weighted by atomic mass is 32.1. The molecule has 70 valence electrons. The highest BCUT2D eigenvalue weighted by molar-refractivity contribution is 7.13. The fraction of sp³-hybridized carbons (Fsp3) is 0.167. The number of guanidine groups is 1. The summed E-state index contributed by atoms with van der Waals surface area (Å²) < 4.78 is 0. The Labute approximate surface area is 77.9 Å². The molecule has 0 aliphatic rings. The number of nitrogens with two attached hydrogens (primary N) is 2. The molecule has 0 saturated carbocycles. The Morgan fingerprint density at radius 1 is 1.69 bits per heavy atom. The molecule has 6 nitrogen and oxygen atoms in total. The van der Waals surface area contributed by atoms with Crippen LogP contribution in [0.4, 0.5) is 5.13 Å². The number of aliphatic imine (C=N–C) groups is 1. The van der Waals surface area contributed by atoms with Gasteiger partial charge in [0.05, 0.1) is 12.1 Å². The van der Waals surface area contributed by atoms with E-state index in [2.05, 4.69) is 9.98 Å². The number of nitrogens with zero attached hydrogens (tertiary/aromatic N) is 2. The summed E-state index contributed by atoms with van der Waals surface area (Å²) in [7, 11) is 0. The summed E-state index contributed by atoms with van der Waals surface area (Å²) in [5.41, 5.74) is 10.7. The number of carbonyl (C=O) groups is 1. The van der Waals surface area contributed by atoms with Gasteiger partial charge in [-0.15, -0.1) is 11.3 Å². The van der Waals surface area contributed by atoms with E-state index in [-0.39, 0.29) is 12.4 Å². The van der Waals surface area contributed by atoms with Crippen molar-refractivity contribution in [2.24, 2.45) is 16.5 Å². The maximum absolute atomic E-state index is 10.3. The summed E-state index contributed by atoms with van der Waals surface area (Å²) in [6.45, 7) is 0. The van der Waals surface area contributed by atoms with Crippen LogP contribution in [0.2, 0.25) is 0 Å². The molecule has 1 aromatic heterocycles. The Morgan fingerprint density at radius 3 is 2.92 bits per heavy atom. The topological polar surface area (TPSA) is 115 Å². The van der Waals surface area contributed by atoms with E-state index in [1.165, 1.54) is 11.3 Å². The molecule has 1 aromatic rings. The fourth-order valence-corrected chi connectivity index (χ4v) is 1.40. The van der Waals surface area contributed by atoms with Crippen LogP contribution >= 0.6 is 11.3 Å². The van der Waals surface area contributed by atoms with Gasteiger partial charge in [-0.25, -0.2) is 4.98 Å². The Kier molecular flexibility index (Phi) is 2.80. The van der Waals surface area contributed by atoms with E-state index in [1.807, 2.05) is 0 Å². The van der Waals surface area contributed by atoms with Crippen LogP contribution in [-0.4, -0.2) is 22.0 Å². The van der Waals surface area contributed by atoms with E-state index in [4.69, 9.17) is 16.6 Å². The zero-order valence-corrected chi connectivity index (χ0v) is 7.41. The highest BCUT2D eigenvalue weighted by Crippen LogP contribution is 2.18. The van der Waals surface area contributed by atoms with Crippen LogP contribution in [0.15, 0.2) is 10.4 Å². The molecule has 5 N–H and O–H groups in total. The van der Waals surface area contributed by atoms with Crippen molar-refractivity contribution in [2.45, 2.75) is 6.42 Å². The molecule has 7 heteroatoms. The minimum atomic E-state index is -0.929. The lowest BCUT2D eigenvalue weighted by atomic mass is 10.3. The van der Waals surface area contributed by atoms with E-state index < -0.39 is 5.97 Å². The molecule has 0 saturated heterocycles. The lowest BCUT2D eigenvalue weighted by Crippen LogP contribution is -2.21. The first-order chi connectivity index (χ1) is 6.08. The van der Waals surface area contributed by atoms with Crippen LogP contribution in [0.5, 0.6) is 0 Å². The lowest BCUT2D eigenvalue weighted by molar-refractivity contribution is -0.136. The predicted molar refractivity (Wildman–Crippen MR) is 48.9 cm³/mol. The minimum Gasteiger partial charge on any atom is -0.481 e. The van der Waals surface area contributed by atoms with Gasteiger partial charge < -0.3 is 16.6 Å². The standard InChI is InChI=1S/C6H8N4O2S/c7-5(8)10-6-9-3(2-13-6)1-4(11)12/h2H,1H2,(H,11,12)(H4,7,8,9,10). The zero-order chi connectivity index (χ0) is 9.84. The van der Waals surface area contributed by atoms with Gasteiger partial charge in [0.15, 0.2) is 5.96 Å². The molecular weight excluding hydrogens is 192 g/mol. The zero-order valence-electron chi connectivity index (χ0n) is 6.60. The minimum absolute atomic E-state index is 0.0868. The molecule has 0 fully saturated rings. The molecule has 0 radical (unpaired) electrons. The number of rotatable bonds is 3. The van der Waals surface area contributed by atoms with E-state index in [0.29, 0.717) is 10.8 Å². The van der Waals surface area contributed by atoms with Crippen molar-refractivity contribution in [1.29, 1.82) is 0 Å². The first kappa shape index (κ1) is 9.46. The quantitative estimate of drug-likeness (QED) is 0.456. The molecule has 0 unspecified atom stereocenters. The predicted octanol–water partition coefficient (Wildman–Crippen LogP) is -0.325. The van der Waals surface area contributed by atoms with Gasteiger partial charge in [-0.05, 0) is 0 Å². The van der Waals surface area contributed by atoms with Crippen LogP contribution in [-0.2, 0) is 11.2 Å². The SMILES string of the molecule is NC(N)=Nc1nc(CC(=O)O)cs1. The van der Waals surface area contributed by atoms with Gasteiger partial charge in [0, 0.05) is 5.38 Å². The van der Waals surface area contributed by atoms with Gasteiger partial charge in [-0.2, -0.15) is 4.99 Å². The Morgan fingerprint density at radius 2 is 2.38 bits per heavy atom. The summed E-state index contributed by atoms with van der Waals surface area (Å²) in [5.74, 6) is -1.02. The Bertz CT molecular complexity index is 342. The van der Waals surface area contributed by atoms with Crippen molar-refractivity contribution in [2.75, 3.05) is 0 Å². The number of hydrogen-bond donors (Lipinski definition) is 3. The van der Waals surface area contributed by atoms with Crippen LogP contribution in [0.25, 0.3) is 0 Å². The van der Waals surface area contributed by atoms with E-state index in [9.17, 15) is 4.79 Å². The first-order valence-corrected chi connectivity index (χ1v) is 4.21. The molecule has 0 bridgehead atoms. The van der Waals surface area contributed by atoms with Gasteiger partial charge >= 0.3 is 5.97 Å². The summed E-state index contributed by atoms with van der Waals surface area (Å²) in [4.78, 5) is 17.8. The number of aliphatic carboxylic acids is 1. The summed E-state index contributed by atoms with van der Waals surface area (Å²) >= 11 is 1.20. The van der Waals surface area contributed by atoms with Crippen LogP contribution in [0.3, 0.4) is 0 Å². The molecule has 1 rings (SSSR count). The molecule has 0 aliphatic carbocycles. The monoisotopic (exact) mass is 200 g/mol. The van der Waals surface area contributed by atoms with Crippen molar-refractivity contribution in [1.82, 2.24) is 4.98 Å². The van der Waals surface area contributed by atoms with Crippen molar-refractivity contribution in [3.63, 3.8) is 0 Å². The van der Waals surface area contributed by atoms with Crippen LogP contribution in [0, 0.1) is 0 Å². The third-order valence-electron chi connectivity index (χ3n) is 1.10. The number of aromatic nitrogens is 1. The summed E-state index contributed by atoms with van der Waals surface area (Å²) in [6.07, 6.45) is -0.115. The van der Waals surface area contributed by atoms with E-state index in [1.54, 1.807) is 5.38 Å². The normalized spacial score (nSPS) is 9.54. The Hall–Kier alpha value is -1.63. The van der Waals surface area contributed by atoms with Crippen molar-refractivity contribution in [3.05, 3.63) is 11.1 Å². The first-order valence-electron chi connectivity index (χ1n) is 3.34. The molecule has 0 atom stereocenters. The Balaban J connectivity index is 2.75. The largest absolute Gasteiger partial charge is 0.481 e. The summed E-state index contributed by atoms with van der Waals surface area (Å²) in [5, 5.41) is 10.4. The second kappa shape index (κ2) is 3.85. The molecule has 13 heavy (non-hydrogen) atoms. The number of hydrogen-bond acceptors (Lipinski definition) is 4. The molecule has 0 aliphatic heterocycles. The number of carboxylic acids is 1. The number of thiazole rings is 1. The van der Waals surface area contributed by atoms with Gasteiger partial charge in [0.25, 0.3) is 0 Å². The maximum Gasteiger partial charge on any atom is 0.309 e. The van der Waals surface area contributed by atoms with Crippen molar-refractivity contribution < 1.29 is 9.90 Å². The fourth-order valence-electron chi connectivity index (χ4n) is 0.694. The van der Waals surface area contributed by atoms with Crippen molar-refractivity contribution >= 4 is 28.4 Å². The third-order valence-corrected chi connectivity index (χ3v) is 1.88. The van der Waals surface area contributed by atoms with Gasteiger partial charge in [-0.3, -0.25) is 4.79 Å². The van der Waals surface area contributed by atoms with Gasteiger partial charge in [-0.1, -0.05) is 0 Å². The second-order valence-electron chi connectivity index (χ2n) is 2.23. The molecule has 1 heterocycles. The van der Waals surface area contributed by atoms with Crippen LogP contribution in [0.1, 0.15) is 5.69 Å². The lowest BCUT2D eigenvalue weighted by Gasteiger charge is -1.87. The average Bonchev–Trinajstić information content (AvgIpc) is 2.33. The average molecular weight is 200 g/mol. The van der Waals surface area contributed by atoms with E-state index >= 15 is 0 Å². The van der Waals surface area contributed by atoms with Crippen LogP contribution < -0.4 is 11.5 Å². The molecule has 0 spiro atoms. The van der Waals surface area contributed by atoms with Gasteiger partial charge in [0.2, 0.25) is 5.13 Å². The molecule has 0 aromatic carbocycles. The maximum atomic E-state index is 10.3. The third kappa shape index (κ3) is 3.08. The smallest absolute Gasteiger partial charge is 0.309 e. The molecule has 0 amide bonds. The van der Waals surface area contributed by atoms with Gasteiger partial charge in [0.1, 0.15) is 0 Å². The highest BCUT2D eigenvalue weighted by Gasteiger charge is 2.04.